The third kappa shape index (κ3) is 6.02. The van der Waals surface area contributed by atoms with Crippen molar-refractivity contribution in [3.63, 3.8) is 0 Å². The molecular weight excluding hydrogens is 326 g/mol. The van der Waals surface area contributed by atoms with Crippen LogP contribution in [0.15, 0.2) is 29.2 Å². The van der Waals surface area contributed by atoms with Crippen molar-refractivity contribution in [2.24, 2.45) is 0 Å². The fourth-order valence-electron chi connectivity index (χ4n) is 2.10. The Kier molecular flexibility index (Phi) is 7.09. The van der Waals surface area contributed by atoms with Crippen molar-refractivity contribution in [3.05, 3.63) is 24.3 Å². The number of carbonyl (C=O) groups excluding carboxylic acids is 1. The van der Waals surface area contributed by atoms with Gasteiger partial charge < -0.3 is 9.87 Å². The Morgan fingerprint density at radius 1 is 1.33 bits per heavy atom. The monoisotopic (exact) mass is 345 g/mol. The lowest BCUT2D eigenvalue weighted by atomic mass is 10.1. The van der Waals surface area contributed by atoms with Gasteiger partial charge in [-0.3, -0.25) is 4.79 Å². The molecule has 2 unspecified atom stereocenters. The van der Waals surface area contributed by atoms with Gasteiger partial charge in [0.05, 0.1) is 4.90 Å². The van der Waals surface area contributed by atoms with E-state index in [0.717, 1.165) is 18.1 Å². The van der Waals surface area contributed by atoms with Crippen molar-refractivity contribution in [3.8, 4) is 0 Å². The molecule has 1 heterocycles. The van der Waals surface area contributed by atoms with Crippen LogP contribution in [0.5, 0.6) is 0 Å². The molecule has 1 aliphatic rings. The second-order valence-corrected chi connectivity index (χ2v) is 8.65. The van der Waals surface area contributed by atoms with Crippen LogP contribution >= 0.6 is 21.6 Å². The summed E-state index contributed by atoms with van der Waals surface area (Å²) < 4.78 is 19.7. The van der Waals surface area contributed by atoms with Gasteiger partial charge in [0.25, 0.3) is 0 Å². The van der Waals surface area contributed by atoms with Crippen LogP contribution in [0.2, 0.25) is 0 Å². The van der Waals surface area contributed by atoms with Crippen molar-refractivity contribution in [1.29, 1.82) is 0 Å². The number of carbonyl (C=O) groups is 1. The molecule has 1 aliphatic heterocycles. The molecule has 0 spiro atoms. The summed E-state index contributed by atoms with van der Waals surface area (Å²) in [7, 11) is 3.93. The molecular formula is C14H19NO3S3. The Bertz CT molecular complexity index is 487. The molecule has 1 amide bonds. The number of nitrogens with one attached hydrogen (secondary N) is 1. The minimum atomic E-state index is -1.97. The topological polar surface area (TPSA) is 66.4 Å². The molecule has 4 nitrogen and oxygen atoms in total. The van der Waals surface area contributed by atoms with Crippen LogP contribution in [-0.2, 0) is 15.9 Å². The molecule has 1 aromatic carbocycles. The van der Waals surface area contributed by atoms with E-state index in [2.05, 4.69) is 5.32 Å². The van der Waals surface area contributed by atoms with Gasteiger partial charge in [-0.25, -0.2) is 4.21 Å². The average Bonchev–Trinajstić information content (AvgIpc) is 2.97. The molecule has 0 radical (unpaired) electrons. The maximum atomic E-state index is 11.8. The van der Waals surface area contributed by atoms with Gasteiger partial charge in [-0.2, -0.15) is 0 Å². The molecule has 1 saturated heterocycles. The summed E-state index contributed by atoms with van der Waals surface area (Å²) in [5.41, 5.74) is 0.664. The molecule has 7 heteroatoms. The summed E-state index contributed by atoms with van der Waals surface area (Å²) in [4.78, 5) is 12.1. The number of unbranched alkanes of at least 4 members (excludes halogenated alkanes) is 1. The van der Waals surface area contributed by atoms with Gasteiger partial charge in [-0.1, -0.05) is 28.0 Å². The number of rotatable bonds is 7. The highest BCUT2D eigenvalue weighted by Crippen LogP contribution is 2.39. The standard InChI is InChI=1S/C14H19NO3S3/c16-14(4-2-1-3-12-9-10-19-20-12)15-11-5-7-13(8-6-11)21(17)18/h5-8,12H,1-4,9-10H2,(H,15,16)(H,17,18). The van der Waals surface area contributed by atoms with Crippen molar-refractivity contribution < 1.29 is 13.6 Å². The smallest absolute Gasteiger partial charge is 0.224 e. The fraction of sp³-hybridized carbons (Fsp3) is 0.500. The van der Waals surface area contributed by atoms with Gasteiger partial charge in [-0.15, -0.1) is 0 Å². The third-order valence-electron chi connectivity index (χ3n) is 3.25. The van der Waals surface area contributed by atoms with E-state index in [-0.39, 0.29) is 5.91 Å². The van der Waals surface area contributed by atoms with Gasteiger partial charge in [-0.05, 0) is 43.5 Å². The van der Waals surface area contributed by atoms with Gasteiger partial charge in [0.1, 0.15) is 0 Å². The van der Waals surface area contributed by atoms with E-state index in [4.69, 9.17) is 4.55 Å². The van der Waals surface area contributed by atoms with E-state index in [1.807, 2.05) is 21.6 Å². The minimum absolute atomic E-state index is 0.00122. The average molecular weight is 346 g/mol. The molecule has 1 fully saturated rings. The second-order valence-electron chi connectivity index (χ2n) is 4.90. The highest BCUT2D eigenvalue weighted by atomic mass is 33.1. The Labute approximate surface area is 135 Å². The van der Waals surface area contributed by atoms with E-state index in [1.165, 1.54) is 18.6 Å². The Morgan fingerprint density at radius 2 is 2.10 bits per heavy atom. The first-order valence-electron chi connectivity index (χ1n) is 6.94. The quantitative estimate of drug-likeness (QED) is 0.445. The molecule has 0 saturated carbocycles. The predicted molar refractivity (Wildman–Crippen MR) is 91.0 cm³/mol. The maximum absolute atomic E-state index is 11.8. The molecule has 0 bridgehead atoms. The fourth-order valence-corrected chi connectivity index (χ4v) is 5.50. The van der Waals surface area contributed by atoms with E-state index < -0.39 is 11.1 Å². The lowest BCUT2D eigenvalue weighted by molar-refractivity contribution is -0.116. The molecule has 2 rings (SSSR count). The van der Waals surface area contributed by atoms with E-state index >= 15 is 0 Å². The summed E-state index contributed by atoms with van der Waals surface area (Å²) in [5.74, 6) is 1.26. The molecule has 0 aliphatic carbocycles. The minimum Gasteiger partial charge on any atom is -0.326 e. The van der Waals surface area contributed by atoms with E-state index in [9.17, 15) is 9.00 Å². The van der Waals surface area contributed by atoms with Crippen LogP contribution < -0.4 is 5.32 Å². The molecule has 21 heavy (non-hydrogen) atoms. The number of benzene rings is 1. The zero-order valence-electron chi connectivity index (χ0n) is 11.6. The number of hydrogen-bond donors (Lipinski definition) is 2. The van der Waals surface area contributed by atoms with Gasteiger partial charge >= 0.3 is 0 Å². The largest absolute Gasteiger partial charge is 0.326 e. The molecule has 0 aromatic heterocycles. The third-order valence-corrected chi connectivity index (χ3v) is 6.93. The zero-order valence-corrected chi connectivity index (χ0v) is 14.1. The first kappa shape index (κ1) is 16.9. The molecule has 2 atom stereocenters. The lowest BCUT2D eigenvalue weighted by Crippen LogP contribution is -2.11. The van der Waals surface area contributed by atoms with Crippen LogP contribution in [0, 0.1) is 0 Å². The summed E-state index contributed by atoms with van der Waals surface area (Å²) in [6.45, 7) is 0. The number of anilines is 1. The Morgan fingerprint density at radius 3 is 2.71 bits per heavy atom. The summed E-state index contributed by atoms with van der Waals surface area (Å²) in [6.07, 6.45) is 5.01. The number of amides is 1. The van der Waals surface area contributed by atoms with Crippen molar-refractivity contribution in [1.82, 2.24) is 0 Å². The second kappa shape index (κ2) is 8.82. The van der Waals surface area contributed by atoms with Gasteiger partial charge in [0, 0.05) is 23.1 Å². The SMILES string of the molecule is O=C(CCCCC1CCSS1)Nc1ccc(S(=O)O)cc1. The van der Waals surface area contributed by atoms with Crippen LogP contribution in [-0.4, -0.2) is 25.7 Å². The first-order chi connectivity index (χ1) is 10.1. The molecule has 116 valence electrons. The van der Waals surface area contributed by atoms with Crippen LogP contribution in [0.1, 0.15) is 32.1 Å². The summed E-state index contributed by atoms with van der Waals surface area (Å²) in [6, 6.07) is 6.38. The van der Waals surface area contributed by atoms with Crippen molar-refractivity contribution in [2.45, 2.75) is 42.2 Å². The Balaban J connectivity index is 1.65. The van der Waals surface area contributed by atoms with Crippen LogP contribution in [0.4, 0.5) is 5.69 Å². The number of hydrogen-bond acceptors (Lipinski definition) is 4. The van der Waals surface area contributed by atoms with Crippen molar-refractivity contribution in [2.75, 3.05) is 11.1 Å². The van der Waals surface area contributed by atoms with E-state index in [0.29, 0.717) is 17.0 Å². The van der Waals surface area contributed by atoms with Crippen LogP contribution in [0.3, 0.4) is 0 Å². The summed E-state index contributed by atoms with van der Waals surface area (Å²) >= 11 is -1.97. The van der Waals surface area contributed by atoms with Gasteiger partial charge in [0.2, 0.25) is 5.91 Å². The molecule has 1 aromatic rings. The zero-order chi connectivity index (χ0) is 15.1. The van der Waals surface area contributed by atoms with Crippen molar-refractivity contribution >= 4 is 44.3 Å². The normalized spacial score (nSPS) is 19.4. The van der Waals surface area contributed by atoms with Crippen LogP contribution in [0.25, 0.3) is 0 Å². The van der Waals surface area contributed by atoms with E-state index in [1.54, 1.807) is 24.3 Å². The van der Waals surface area contributed by atoms with Gasteiger partial charge in [0.15, 0.2) is 11.1 Å². The maximum Gasteiger partial charge on any atom is 0.224 e. The highest BCUT2D eigenvalue weighted by Gasteiger charge is 2.15. The molecule has 2 N–H and O–H groups in total. The highest BCUT2D eigenvalue weighted by molar-refractivity contribution is 8.77. The predicted octanol–water partition coefficient (Wildman–Crippen LogP) is 3.92. The lowest BCUT2D eigenvalue weighted by Gasteiger charge is -2.08. The first-order valence-corrected chi connectivity index (χ1v) is 10.4. The summed E-state index contributed by atoms with van der Waals surface area (Å²) in [5, 5.41) is 3.58. The Hall–Kier alpha value is -0.500.